The topological polar surface area (TPSA) is 6.48 Å². The molecule has 2 atom stereocenters. The summed E-state index contributed by atoms with van der Waals surface area (Å²) in [7, 11) is 0. The summed E-state index contributed by atoms with van der Waals surface area (Å²) >= 11 is -0.130. The van der Waals surface area contributed by atoms with E-state index < -0.39 is 0 Å². The van der Waals surface area contributed by atoms with Gasteiger partial charge in [-0.05, 0) is 0 Å². The Morgan fingerprint density at radius 1 is 0.733 bits per heavy atom. The molecule has 2 nitrogen and oxygen atoms in total. The van der Waals surface area contributed by atoms with Crippen molar-refractivity contribution in [2.24, 2.45) is 0 Å². The first-order chi connectivity index (χ1) is 6.55. The molecule has 1 saturated heterocycles. The Hall–Kier alpha value is 0.463. The van der Waals surface area contributed by atoms with Gasteiger partial charge in [-0.2, -0.15) is 0 Å². The zero-order valence-corrected chi connectivity index (χ0v) is 13.6. The molecule has 3 heteroatoms. The van der Waals surface area contributed by atoms with Crippen molar-refractivity contribution in [3.8, 4) is 0 Å². The van der Waals surface area contributed by atoms with E-state index in [1.165, 1.54) is 0 Å². The van der Waals surface area contributed by atoms with Gasteiger partial charge in [0.25, 0.3) is 0 Å². The monoisotopic (exact) mass is 272 g/mol. The molecule has 1 aliphatic rings. The summed E-state index contributed by atoms with van der Waals surface area (Å²) in [6, 6.07) is 1.40. The van der Waals surface area contributed by atoms with Crippen molar-refractivity contribution in [2.45, 2.75) is 78.6 Å². The van der Waals surface area contributed by atoms with Gasteiger partial charge in [-0.15, -0.1) is 0 Å². The second kappa shape index (κ2) is 4.04. The first kappa shape index (κ1) is 13.5. The molecule has 15 heavy (non-hydrogen) atoms. The Balaban J connectivity index is 2.86. The van der Waals surface area contributed by atoms with E-state index in [0.29, 0.717) is 23.2 Å². The molecule has 0 aromatic rings. The maximum absolute atomic E-state index is 2.73. The Bertz CT molecular complexity index is 203. The minimum atomic E-state index is -0.130. The van der Waals surface area contributed by atoms with E-state index in [-0.39, 0.29) is 15.9 Å². The standard InChI is InChI=1S/C12H26GeN2/c1-9-10(2)15(12(6,7)8)13-14(9)11(3,4)5/h9-10H,1-8H3/t9-,10-/m1/s1. The normalized spacial score (nSPS) is 31.2. The van der Waals surface area contributed by atoms with E-state index in [1.807, 2.05) is 0 Å². The molecular weight excluding hydrogens is 245 g/mol. The molecule has 0 saturated carbocycles. The third kappa shape index (κ3) is 2.77. The van der Waals surface area contributed by atoms with E-state index in [1.54, 1.807) is 0 Å². The van der Waals surface area contributed by atoms with Crippen molar-refractivity contribution in [3.05, 3.63) is 0 Å². The van der Waals surface area contributed by atoms with Gasteiger partial charge in [0, 0.05) is 0 Å². The fraction of sp³-hybridized carbons (Fsp3) is 1.00. The molecule has 0 bridgehead atoms. The molecule has 0 spiro atoms. The molecule has 88 valence electrons. The summed E-state index contributed by atoms with van der Waals surface area (Å²) < 4.78 is 5.45. The predicted molar refractivity (Wildman–Crippen MR) is 67.9 cm³/mol. The van der Waals surface area contributed by atoms with Crippen LogP contribution in [0.15, 0.2) is 0 Å². The summed E-state index contributed by atoms with van der Waals surface area (Å²) in [6.07, 6.45) is 0. The SMILES string of the molecule is C[C@@H]1[C@@H](C)[N](C(C)(C)C)[Ge][N]1C(C)(C)C. The first-order valence-electron chi connectivity index (χ1n) is 5.90. The summed E-state index contributed by atoms with van der Waals surface area (Å²) in [5.41, 5.74) is 0.654. The van der Waals surface area contributed by atoms with Crippen LogP contribution in [0.5, 0.6) is 0 Å². The van der Waals surface area contributed by atoms with Crippen LogP contribution in [0.3, 0.4) is 0 Å². The molecule has 1 heterocycles. The van der Waals surface area contributed by atoms with E-state index in [9.17, 15) is 0 Å². The molecule has 0 aromatic heterocycles. The second-order valence-corrected chi connectivity index (χ2v) is 9.10. The van der Waals surface area contributed by atoms with Gasteiger partial charge in [-0.3, -0.25) is 0 Å². The molecule has 0 amide bonds. The molecule has 0 unspecified atom stereocenters. The Morgan fingerprint density at radius 3 is 1.13 bits per heavy atom. The van der Waals surface area contributed by atoms with Crippen LogP contribution in [0.2, 0.25) is 0 Å². The summed E-state index contributed by atoms with van der Waals surface area (Å²) in [6.45, 7) is 18.8. The zero-order valence-electron chi connectivity index (χ0n) is 11.5. The molecule has 1 fully saturated rings. The Labute approximate surface area is 102 Å². The van der Waals surface area contributed by atoms with E-state index in [2.05, 4.69) is 63.1 Å². The van der Waals surface area contributed by atoms with E-state index in [0.717, 1.165) is 0 Å². The van der Waals surface area contributed by atoms with Crippen molar-refractivity contribution in [2.75, 3.05) is 0 Å². The van der Waals surface area contributed by atoms with Crippen LogP contribution < -0.4 is 0 Å². The number of hydrogen-bond donors (Lipinski definition) is 0. The summed E-state index contributed by atoms with van der Waals surface area (Å²) in [5.74, 6) is 0. The average Bonchev–Trinajstić information content (AvgIpc) is 2.26. The van der Waals surface area contributed by atoms with Gasteiger partial charge in [0.2, 0.25) is 0 Å². The van der Waals surface area contributed by atoms with E-state index in [4.69, 9.17) is 0 Å². The fourth-order valence-electron chi connectivity index (χ4n) is 2.25. The molecular formula is C12H26GeN2. The van der Waals surface area contributed by atoms with Gasteiger partial charge in [0.1, 0.15) is 0 Å². The van der Waals surface area contributed by atoms with Gasteiger partial charge in [0.15, 0.2) is 0 Å². The Morgan fingerprint density at radius 2 is 1.00 bits per heavy atom. The van der Waals surface area contributed by atoms with Gasteiger partial charge in [0.05, 0.1) is 0 Å². The van der Waals surface area contributed by atoms with Gasteiger partial charge in [-0.1, -0.05) is 0 Å². The number of hydrogen-bond acceptors (Lipinski definition) is 2. The van der Waals surface area contributed by atoms with Crippen molar-refractivity contribution < 1.29 is 0 Å². The van der Waals surface area contributed by atoms with Gasteiger partial charge in [-0.25, -0.2) is 0 Å². The van der Waals surface area contributed by atoms with Crippen LogP contribution in [0, 0.1) is 0 Å². The van der Waals surface area contributed by atoms with Crippen LogP contribution in [0.1, 0.15) is 55.4 Å². The fourth-order valence-corrected chi connectivity index (χ4v) is 5.67. The molecule has 0 aliphatic carbocycles. The van der Waals surface area contributed by atoms with Crippen molar-refractivity contribution >= 4 is 15.9 Å². The van der Waals surface area contributed by atoms with Gasteiger partial charge < -0.3 is 0 Å². The number of nitrogens with zero attached hydrogens (tertiary/aromatic N) is 2. The van der Waals surface area contributed by atoms with Crippen LogP contribution in [0.25, 0.3) is 0 Å². The average molecular weight is 271 g/mol. The summed E-state index contributed by atoms with van der Waals surface area (Å²) in [5, 5.41) is 0. The molecule has 0 aromatic carbocycles. The second-order valence-electron chi connectivity index (χ2n) is 6.66. The number of rotatable bonds is 0. The minimum absolute atomic E-state index is 0.130. The van der Waals surface area contributed by atoms with Crippen LogP contribution in [-0.4, -0.2) is 46.8 Å². The Kier molecular flexibility index (Phi) is 3.65. The van der Waals surface area contributed by atoms with E-state index >= 15 is 0 Å². The van der Waals surface area contributed by atoms with Crippen molar-refractivity contribution in [3.63, 3.8) is 0 Å². The van der Waals surface area contributed by atoms with Crippen LogP contribution in [-0.2, 0) is 0 Å². The molecule has 1 aliphatic heterocycles. The summed E-state index contributed by atoms with van der Waals surface area (Å²) in [4.78, 5) is 0. The van der Waals surface area contributed by atoms with Crippen molar-refractivity contribution in [1.82, 2.24) is 7.71 Å². The third-order valence-electron chi connectivity index (χ3n) is 3.17. The van der Waals surface area contributed by atoms with Crippen molar-refractivity contribution in [1.29, 1.82) is 0 Å². The van der Waals surface area contributed by atoms with Crippen LogP contribution >= 0.6 is 0 Å². The predicted octanol–water partition coefficient (Wildman–Crippen LogP) is 2.51. The molecule has 1 rings (SSSR count). The third-order valence-corrected chi connectivity index (χ3v) is 8.60. The zero-order chi connectivity index (χ0) is 12.0. The molecule has 0 N–H and O–H groups in total. The first-order valence-corrected chi connectivity index (χ1v) is 7.78. The molecule has 2 radical (unpaired) electrons. The van der Waals surface area contributed by atoms with Gasteiger partial charge >= 0.3 is 102 Å². The van der Waals surface area contributed by atoms with Crippen LogP contribution in [0.4, 0.5) is 0 Å². The maximum atomic E-state index is 2.73. The quantitative estimate of drug-likeness (QED) is 0.624.